The Kier molecular flexibility index (Phi) is 4.16. The first kappa shape index (κ1) is 11.3. The van der Waals surface area contributed by atoms with Crippen molar-refractivity contribution in [2.24, 2.45) is 10.8 Å². The van der Waals surface area contributed by atoms with E-state index < -0.39 is 0 Å². The van der Waals surface area contributed by atoms with Crippen molar-refractivity contribution in [2.45, 2.75) is 18.9 Å². The lowest BCUT2D eigenvalue weighted by Crippen LogP contribution is -2.47. The molecule has 5 heteroatoms. The Morgan fingerprint density at radius 2 is 2.43 bits per heavy atom. The molecule has 0 aromatic heterocycles. The highest BCUT2D eigenvalue weighted by atomic mass is 15.4. The van der Waals surface area contributed by atoms with Crippen LogP contribution in [0.5, 0.6) is 0 Å². The maximum atomic E-state index is 5.36. The molecular weight excluding hydrogens is 178 g/mol. The molecule has 1 aliphatic rings. The molecule has 1 atom stereocenters. The molecule has 14 heavy (non-hydrogen) atoms. The van der Waals surface area contributed by atoms with E-state index in [2.05, 4.69) is 27.3 Å². The Morgan fingerprint density at radius 3 is 2.86 bits per heavy atom. The quantitative estimate of drug-likeness (QED) is 0.271. The third-order valence-corrected chi connectivity index (χ3v) is 2.86. The fourth-order valence-electron chi connectivity index (χ4n) is 1.96. The number of nitrogens with zero attached hydrogens (tertiary/aromatic N) is 3. The van der Waals surface area contributed by atoms with Gasteiger partial charge in [-0.05, 0) is 26.4 Å². The van der Waals surface area contributed by atoms with Gasteiger partial charge in [-0.15, -0.1) is 0 Å². The van der Waals surface area contributed by atoms with Crippen LogP contribution in [0.3, 0.4) is 0 Å². The predicted molar refractivity (Wildman–Crippen MR) is 59.0 cm³/mol. The smallest absolute Gasteiger partial charge is 0.207 e. The fourth-order valence-corrected chi connectivity index (χ4v) is 1.96. The van der Waals surface area contributed by atoms with Crippen molar-refractivity contribution in [2.75, 3.05) is 34.2 Å². The summed E-state index contributed by atoms with van der Waals surface area (Å²) in [6.07, 6.45) is 2.56. The van der Waals surface area contributed by atoms with Gasteiger partial charge in [0.05, 0.1) is 0 Å². The maximum absolute atomic E-state index is 5.36. The molecule has 3 N–H and O–H groups in total. The van der Waals surface area contributed by atoms with Crippen molar-refractivity contribution in [1.29, 1.82) is 0 Å². The third kappa shape index (κ3) is 2.59. The average Bonchev–Trinajstić information content (AvgIpc) is 2.54. The van der Waals surface area contributed by atoms with Crippen LogP contribution in [-0.4, -0.2) is 56.0 Å². The van der Waals surface area contributed by atoms with Gasteiger partial charge < -0.3 is 9.80 Å². The van der Waals surface area contributed by atoms with Gasteiger partial charge in [0.15, 0.2) is 0 Å². The van der Waals surface area contributed by atoms with Crippen LogP contribution in [0.2, 0.25) is 0 Å². The Bertz CT molecular complexity index is 203. The van der Waals surface area contributed by atoms with Crippen molar-refractivity contribution in [3.63, 3.8) is 0 Å². The van der Waals surface area contributed by atoms with E-state index in [1.807, 2.05) is 7.05 Å². The van der Waals surface area contributed by atoms with Gasteiger partial charge in [-0.1, -0.05) is 0 Å². The summed E-state index contributed by atoms with van der Waals surface area (Å²) in [7, 11) is 5.92. The Labute approximate surface area is 85.9 Å². The monoisotopic (exact) mass is 199 g/mol. The molecule has 82 valence electrons. The molecule has 0 amide bonds. The lowest BCUT2D eigenvalue weighted by atomic mass is 10.2. The predicted octanol–water partition coefficient (Wildman–Crippen LogP) is -0.538. The molecule has 0 radical (unpaired) electrons. The second kappa shape index (κ2) is 5.17. The Morgan fingerprint density at radius 1 is 1.71 bits per heavy atom. The molecule has 1 saturated heterocycles. The molecule has 1 heterocycles. The highest BCUT2D eigenvalue weighted by Gasteiger charge is 2.22. The summed E-state index contributed by atoms with van der Waals surface area (Å²) >= 11 is 0. The van der Waals surface area contributed by atoms with Crippen molar-refractivity contribution in [1.82, 2.24) is 15.2 Å². The summed E-state index contributed by atoms with van der Waals surface area (Å²) in [5.74, 6) is 6.10. The van der Waals surface area contributed by atoms with Gasteiger partial charge in [-0.25, -0.2) is 5.84 Å². The molecule has 0 saturated carbocycles. The van der Waals surface area contributed by atoms with E-state index in [0.717, 1.165) is 12.5 Å². The zero-order valence-electron chi connectivity index (χ0n) is 9.32. The van der Waals surface area contributed by atoms with Gasteiger partial charge in [0.1, 0.15) is 0 Å². The second-order valence-corrected chi connectivity index (χ2v) is 3.85. The second-order valence-electron chi connectivity index (χ2n) is 3.85. The number of likely N-dealkylation sites (tertiary alicyclic amines) is 1. The zero-order chi connectivity index (χ0) is 10.6. The van der Waals surface area contributed by atoms with Gasteiger partial charge in [-0.2, -0.15) is 0 Å². The summed E-state index contributed by atoms with van der Waals surface area (Å²) in [5.41, 5.74) is 2.60. The first-order valence-electron chi connectivity index (χ1n) is 5.03. The van der Waals surface area contributed by atoms with Crippen LogP contribution < -0.4 is 11.3 Å². The minimum atomic E-state index is 0.630. The van der Waals surface area contributed by atoms with Crippen molar-refractivity contribution >= 4 is 5.96 Å². The molecule has 1 fully saturated rings. The minimum Gasteiger partial charge on any atom is -0.343 e. The summed E-state index contributed by atoms with van der Waals surface area (Å²) < 4.78 is 0. The molecule has 0 bridgehead atoms. The van der Waals surface area contributed by atoms with Gasteiger partial charge in [0.2, 0.25) is 5.96 Å². The summed E-state index contributed by atoms with van der Waals surface area (Å²) in [5, 5.41) is 0. The van der Waals surface area contributed by atoms with Crippen LogP contribution in [0.15, 0.2) is 4.99 Å². The van der Waals surface area contributed by atoms with Crippen LogP contribution in [-0.2, 0) is 0 Å². The normalized spacial score (nSPS) is 24.0. The molecule has 5 nitrogen and oxygen atoms in total. The Hall–Kier alpha value is -0.810. The number of hydrogen-bond acceptors (Lipinski definition) is 3. The standard InChI is InChI=1S/C9H21N5/c1-11-9(12-10)14(3)7-8-5-4-6-13(8)2/h8H,4-7,10H2,1-3H3,(H,11,12). The number of hydrogen-bond donors (Lipinski definition) is 2. The molecular formula is C9H21N5. The summed E-state index contributed by atoms with van der Waals surface area (Å²) in [6, 6.07) is 0.630. The van der Waals surface area contributed by atoms with E-state index >= 15 is 0 Å². The van der Waals surface area contributed by atoms with Crippen LogP contribution >= 0.6 is 0 Å². The molecule has 0 aliphatic carbocycles. The lowest BCUT2D eigenvalue weighted by molar-refractivity contribution is 0.265. The summed E-state index contributed by atoms with van der Waals surface area (Å²) in [6.45, 7) is 2.18. The Balaban J connectivity index is 2.43. The summed E-state index contributed by atoms with van der Waals surface area (Å²) in [4.78, 5) is 8.51. The van der Waals surface area contributed by atoms with Gasteiger partial charge >= 0.3 is 0 Å². The van der Waals surface area contributed by atoms with Crippen LogP contribution in [0.4, 0.5) is 0 Å². The van der Waals surface area contributed by atoms with Crippen LogP contribution in [0.25, 0.3) is 0 Å². The first-order chi connectivity index (χ1) is 6.69. The zero-order valence-corrected chi connectivity index (χ0v) is 9.32. The average molecular weight is 199 g/mol. The number of hydrazine groups is 1. The number of nitrogens with one attached hydrogen (secondary N) is 1. The van der Waals surface area contributed by atoms with Crippen molar-refractivity contribution in [3.05, 3.63) is 0 Å². The number of aliphatic imine (C=N–C) groups is 1. The molecule has 0 spiro atoms. The largest absolute Gasteiger partial charge is 0.343 e. The topological polar surface area (TPSA) is 56.9 Å². The number of nitrogens with two attached hydrogens (primary N) is 1. The molecule has 1 rings (SSSR count). The van der Waals surface area contributed by atoms with Gasteiger partial charge in [0.25, 0.3) is 0 Å². The van der Waals surface area contributed by atoms with Crippen molar-refractivity contribution < 1.29 is 0 Å². The molecule has 0 aromatic carbocycles. The van der Waals surface area contributed by atoms with Gasteiger partial charge in [-0.3, -0.25) is 10.4 Å². The van der Waals surface area contributed by atoms with E-state index in [9.17, 15) is 0 Å². The van der Waals surface area contributed by atoms with E-state index in [1.54, 1.807) is 7.05 Å². The fraction of sp³-hybridized carbons (Fsp3) is 0.889. The number of likely N-dealkylation sites (N-methyl/N-ethyl adjacent to an activating group) is 2. The van der Waals surface area contributed by atoms with E-state index in [-0.39, 0.29) is 0 Å². The minimum absolute atomic E-state index is 0.630. The van der Waals surface area contributed by atoms with E-state index in [0.29, 0.717) is 6.04 Å². The van der Waals surface area contributed by atoms with E-state index in [1.165, 1.54) is 19.4 Å². The molecule has 1 aliphatic heterocycles. The first-order valence-corrected chi connectivity index (χ1v) is 5.03. The van der Waals surface area contributed by atoms with E-state index in [4.69, 9.17) is 5.84 Å². The lowest BCUT2D eigenvalue weighted by Gasteiger charge is -2.27. The number of rotatable bonds is 2. The van der Waals surface area contributed by atoms with Crippen molar-refractivity contribution in [3.8, 4) is 0 Å². The highest BCUT2D eigenvalue weighted by Crippen LogP contribution is 2.15. The number of guanidine groups is 1. The SMILES string of the molecule is CN=C(NN)N(C)CC1CCCN1C. The molecule has 0 aromatic rings. The third-order valence-electron chi connectivity index (χ3n) is 2.86. The van der Waals surface area contributed by atoms with Crippen LogP contribution in [0, 0.1) is 0 Å². The van der Waals surface area contributed by atoms with Gasteiger partial charge in [0, 0.05) is 26.7 Å². The highest BCUT2D eigenvalue weighted by molar-refractivity contribution is 5.78. The van der Waals surface area contributed by atoms with Crippen LogP contribution in [0.1, 0.15) is 12.8 Å². The maximum Gasteiger partial charge on any atom is 0.207 e. The molecule has 1 unspecified atom stereocenters.